The number of aromatic nitrogens is 1. The second-order valence-electron chi connectivity index (χ2n) is 6.90. The number of rotatable bonds is 7. The van der Waals surface area contributed by atoms with E-state index in [0.717, 1.165) is 5.56 Å². The minimum atomic E-state index is -0.750. The van der Waals surface area contributed by atoms with Crippen molar-refractivity contribution >= 4 is 17.7 Å². The Morgan fingerprint density at radius 1 is 1.00 bits per heavy atom. The average molecular weight is 404 g/mol. The molecule has 6 heteroatoms. The van der Waals surface area contributed by atoms with Gasteiger partial charge in [0.15, 0.2) is 0 Å². The van der Waals surface area contributed by atoms with Crippen LogP contribution < -0.4 is 5.32 Å². The van der Waals surface area contributed by atoms with Crippen molar-refractivity contribution in [3.63, 3.8) is 0 Å². The number of nitrogens with one attached hydrogen (secondary N) is 2. The molecule has 30 heavy (non-hydrogen) atoms. The number of H-pyrrole nitrogens is 1. The number of aryl methyl sites for hydroxylation is 1. The summed E-state index contributed by atoms with van der Waals surface area (Å²) in [7, 11) is 0. The zero-order valence-corrected chi connectivity index (χ0v) is 17.2. The molecule has 0 fully saturated rings. The number of esters is 1. The molecule has 2 aromatic carbocycles. The first kappa shape index (κ1) is 21.0. The lowest BCUT2D eigenvalue weighted by Crippen LogP contribution is -2.33. The van der Waals surface area contributed by atoms with E-state index in [-0.39, 0.29) is 23.9 Å². The number of carbonyl (C=O) groups excluding carboxylic acids is 3. The molecule has 0 saturated heterocycles. The summed E-state index contributed by atoms with van der Waals surface area (Å²) in [4.78, 5) is 41.3. The van der Waals surface area contributed by atoms with Gasteiger partial charge in [0.2, 0.25) is 0 Å². The normalized spacial score (nSPS) is 11.6. The van der Waals surface area contributed by atoms with Gasteiger partial charge in [0.05, 0.1) is 18.2 Å². The van der Waals surface area contributed by atoms with Gasteiger partial charge in [0.1, 0.15) is 5.69 Å². The van der Waals surface area contributed by atoms with Crippen LogP contribution in [-0.4, -0.2) is 29.3 Å². The fourth-order valence-corrected chi connectivity index (χ4v) is 3.35. The van der Waals surface area contributed by atoms with Crippen molar-refractivity contribution < 1.29 is 19.1 Å². The Hall–Kier alpha value is -3.67. The van der Waals surface area contributed by atoms with Crippen LogP contribution in [0.5, 0.6) is 0 Å². The topological polar surface area (TPSA) is 88.3 Å². The number of hydrogen-bond donors (Lipinski definition) is 2. The van der Waals surface area contributed by atoms with Gasteiger partial charge in [-0.05, 0) is 31.9 Å². The molecule has 1 atom stereocenters. The van der Waals surface area contributed by atoms with Crippen LogP contribution in [0.1, 0.15) is 52.0 Å². The molecule has 3 rings (SSSR count). The number of benzene rings is 2. The second-order valence-corrected chi connectivity index (χ2v) is 6.90. The molecule has 1 aromatic heterocycles. The van der Waals surface area contributed by atoms with Crippen molar-refractivity contribution in [3.05, 3.63) is 83.2 Å². The number of Topliss-reactive ketones (excluding diaryl/α,β-unsaturated/α-hetero) is 1. The van der Waals surface area contributed by atoms with Gasteiger partial charge in [-0.2, -0.15) is 0 Å². The van der Waals surface area contributed by atoms with Gasteiger partial charge in [-0.3, -0.25) is 9.59 Å². The first-order valence-corrected chi connectivity index (χ1v) is 9.79. The Morgan fingerprint density at radius 3 is 2.20 bits per heavy atom. The highest BCUT2D eigenvalue weighted by Gasteiger charge is 2.30. The van der Waals surface area contributed by atoms with Crippen LogP contribution in [0, 0.1) is 6.92 Å². The Labute approximate surface area is 175 Å². The van der Waals surface area contributed by atoms with Gasteiger partial charge in [0.25, 0.3) is 11.7 Å². The maximum absolute atomic E-state index is 13.1. The van der Waals surface area contributed by atoms with Crippen molar-refractivity contribution in [2.45, 2.75) is 26.8 Å². The summed E-state index contributed by atoms with van der Waals surface area (Å²) in [5.74, 6) is -2.03. The number of ketones is 1. The first-order chi connectivity index (χ1) is 14.4. The van der Waals surface area contributed by atoms with Gasteiger partial charge in [-0.25, -0.2) is 4.79 Å². The first-order valence-electron chi connectivity index (χ1n) is 9.79. The van der Waals surface area contributed by atoms with Gasteiger partial charge in [-0.15, -0.1) is 0 Å². The number of ether oxygens (including phenoxy) is 1. The molecule has 1 amide bonds. The van der Waals surface area contributed by atoms with Crippen molar-refractivity contribution in [2.75, 3.05) is 6.61 Å². The van der Waals surface area contributed by atoms with Crippen LogP contribution in [-0.2, 0) is 9.53 Å². The zero-order valence-electron chi connectivity index (χ0n) is 17.2. The molecule has 0 bridgehead atoms. The van der Waals surface area contributed by atoms with Crippen LogP contribution in [0.25, 0.3) is 11.1 Å². The SMILES string of the molecule is CCOC(=O)c1c(C)[nH]c(C(=O)C(=O)NC(C)c2ccccc2)c1-c1ccccc1. The molecular weight excluding hydrogens is 380 g/mol. The van der Waals surface area contributed by atoms with E-state index in [1.807, 2.05) is 43.3 Å². The number of hydrogen-bond acceptors (Lipinski definition) is 4. The van der Waals surface area contributed by atoms with Crippen LogP contribution in [0.4, 0.5) is 0 Å². The van der Waals surface area contributed by atoms with E-state index in [2.05, 4.69) is 10.3 Å². The molecule has 0 spiro atoms. The maximum Gasteiger partial charge on any atom is 0.340 e. The third-order valence-corrected chi connectivity index (χ3v) is 4.81. The average Bonchev–Trinajstić information content (AvgIpc) is 3.11. The van der Waals surface area contributed by atoms with Crippen molar-refractivity contribution in [1.82, 2.24) is 10.3 Å². The summed E-state index contributed by atoms with van der Waals surface area (Å²) >= 11 is 0. The minimum absolute atomic E-state index is 0.0690. The Bertz CT molecular complexity index is 1060. The summed E-state index contributed by atoms with van der Waals surface area (Å²) in [5.41, 5.74) is 2.71. The molecule has 0 aliphatic heterocycles. The van der Waals surface area contributed by atoms with E-state index in [9.17, 15) is 14.4 Å². The van der Waals surface area contributed by atoms with Gasteiger partial charge in [0, 0.05) is 11.3 Å². The van der Waals surface area contributed by atoms with Crippen molar-refractivity contribution in [2.24, 2.45) is 0 Å². The number of carbonyl (C=O) groups is 3. The number of aromatic amines is 1. The standard InChI is InChI=1S/C24H24N2O4/c1-4-30-24(29)19-16(3)25-21(20(19)18-13-9-6-10-14-18)22(27)23(28)26-15(2)17-11-7-5-8-12-17/h5-15,25H,4H2,1-3H3,(H,26,28). The highest BCUT2D eigenvalue weighted by molar-refractivity contribution is 6.44. The predicted molar refractivity (Wildman–Crippen MR) is 114 cm³/mol. The lowest BCUT2D eigenvalue weighted by molar-refractivity contribution is -0.117. The Balaban J connectivity index is 1.98. The fraction of sp³-hybridized carbons (Fsp3) is 0.208. The highest BCUT2D eigenvalue weighted by Crippen LogP contribution is 2.31. The lowest BCUT2D eigenvalue weighted by atomic mass is 9.98. The van der Waals surface area contributed by atoms with Gasteiger partial charge < -0.3 is 15.0 Å². The van der Waals surface area contributed by atoms with E-state index in [0.29, 0.717) is 16.8 Å². The van der Waals surface area contributed by atoms with E-state index < -0.39 is 17.7 Å². The summed E-state index contributed by atoms with van der Waals surface area (Å²) < 4.78 is 5.18. The smallest absolute Gasteiger partial charge is 0.340 e. The van der Waals surface area contributed by atoms with Crippen molar-refractivity contribution in [3.8, 4) is 11.1 Å². The summed E-state index contributed by atoms with van der Waals surface area (Å²) in [6.45, 7) is 5.41. The van der Waals surface area contributed by atoms with Crippen LogP contribution in [0.15, 0.2) is 60.7 Å². The monoisotopic (exact) mass is 404 g/mol. The van der Waals surface area contributed by atoms with Crippen molar-refractivity contribution in [1.29, 1.82) is 0 Å². The van der Waals surface area contributed by atoms with Crippen LogP contribution >= 0.6 is 0 Å². The highest BCUT2D eigenvalue weighted by atomic mass is 16.5. The quantitative estimate of drug-likeness (QED) is 0.350. The third-order valence-electron chi connectivity index (χ3n) is 4.81. The molecular formula is C24H24N2O4. The predicted octanol–water partition coefficient (Wildman–Crippen LogP) is 4.23. The summed E-state index contributed by atoms with van der Waals surface area (Å²) in [6, 6.07) is 18.0. The number of amides is 1. The Kier molecular flexibility index (Phi) is 6.47. The molecule has 6 nitrogen and oxygen atoms in total. The molecule has 0 radical (unpaired) electrons. The maximum atomic E-state index is 13.1. The molecule has 0 saturated carbocycles. The lowest BCUT2D eigenvalue weighted by Gasteiger charge is -2.14. The molecule has 3 aromatic rings. The largest absolute Gasteiger partial charge is 0.462 e. The molecule has 1 unspecified atom stereocenters. The van der Waals surface area contributed by atoms with E-state index >= 15 is 0 Å². The molecule has 0 aliphatic rings. The van der Waals surface area contributed by atoms with Gasteiger partial charge in [-0.1, -0.05) is 60.7 Å². The van der Waals surface area contributed by atoms with E-state index in [4.69, 9.17) is 4.74 Å². The molecule has 1 heterocycles. The van der Waals surface area contributed by atoms with Gasteiger partial charge >= 0.3 is 5.97 Å². The zero-order chi connectivity index (χ0) is 21.7. The fourth-order valence-electron chi connectivity index (χ4n) is 3.35. The summed E-state index contributed by atoms with van der Waals surface area (Å²) in [5, 5.41) is 2.73. The molecule has 154 valence electrons. The minimum Gasteiger partial charge on any atom is -0.462 e. The van der Waals surface area contributed by atoms with E-state index in [1.54, 1.807) is 38.1 Å². The van der Waals surface area contributed by atoms with Crippen LogP contribution in [0.3, 0.4) is 0 Å². The summed E-state index contributed by atoms with van der Waals surface area (Å²) in [6.07, 6.45) is 0. The van der Waals surface area contributed by atoms with E-state index in [1.165, 1.54) is 0 Å². The third kappa shape index (κ3) is 4.33. The Morgan fingerprint density at radius 2 is 1.60 bits per heavy atom. The second kappa shape index (κ2) is 9.22. The molecule has 2 N–H and O–H groups in total. The van der Waals surface area contributed by atoms with Crippen LogP contribution in [0.2, 0.25) is 0 Å². The molecule has 0 aliphatic carbocycles.